The predicted octanol–water partition coefficient (Wildman–Crippen LogP) is 3.32. The first-order valence-corrected chi connectivity index (χ1v) is 10.7. The van der Waals surface area contributed by atoms with Crippen molar-refractivity contribution >= 4 is 38.9 Å². The molecule has 0 heterocycles. The van der Waals surface area contributed by atoms with Gasteiger partial charge in [-0.1, -0.05) is 30.9 Å². The highest BCUT2D eigenvalue weighted by Crippen LogP contribution is 2.20. The second-order valence-electron chi connectivity index (χ2n) is 6.23. The highest BCUT2D eigenvalue weighted by atomic mass is 35.5. The number of hydrogen-bond donors (Lipinski definition) is 1. The predicted molar refractivity (Wildman–Crippen MR) is 102 cm³/mol. The van der Waals surface area contributed by atoms with Crippen molar-refractivity contribution in [2.24, 2.45) is 5.10 Å². The average Bonchev–Trinajstić information content (AvgIpc) is 2.51. The lowest BCUT2D eigenvalue weighted by molar-refractivity contribution is -0.119. The first-order valence-electron chi connectivity index (χ1n) is 8.44. The molecule has 0 bridgehead atoms. The van der Waals surface area contributed by atoms with Gasteiger partial charge in [-0.3, -0.25) is 9.10 Å². The minimum Gasteiger partial charge on any atom is -0.271 e. The van der Waals surface area contributed by atoms with Crippen LogP contribution in [-0.4, -0.2) is 32.8 Å². The number of anilines is 1. The first-order chi connectivity index (χ1) is 11.9. The topological polar surface area (TPSA) is 78.8 Å². The van der Waals surface area contributed by atoms with Crippen molar-refractivity contribution in [3.63, 3.8) is 0 Å². The third-order valence-corrected chi connectivity index (χ3v) is 5.46. The van der Waals surface area contributed by atoms with Gasteiger partial charge in [0.25, 0.3) is 5.91 Å². The largest absolute Gasteiger partial charge is 0.271 e. The van der Waals surface area contributed by atoms with Crippen LogP contribution in [0.2, 0.25) is 5.02 Å². The third kappa shape index (κ3) is 6.66. The van der Waals surface area contributed by atoms with Gasteiger partial charge in [-0.2, -0.15) is 5.10 Å². The highest BCUT2D eigenvalue weighted by molar-refractivity contribution is 7.92. The third-order valence-electron chi connectivity index (χ3n) is 4.07. The fourth-order valence-corrected chi connectivity index (χ4v) is 3.72. The van der Waals surface area contributed by atoms with E-state index in [1.54, 1.807) is 24.3 Å². The zero-order chi connectivity index (χ0) is 18.3. The van der Waals surface area contributed by atoms with Crippen molar-refractivity contribution in [2.45, 2.75) is 44.9 Å². The summed E-state index contributed by atoms with van der Waals surface area (Å²) in [5, 5.41) is 4.70. The molecule has 1 amide bonds. The van der Waals surface area contributed by atoms with Crippen LogP contribution in [0.15, 0.2) is 29.4 Å². The molecule has 0 atom stereocenters. The molecule has 2 rings (SSSR count). The summed E-state index contributed by atoms with van der Waals surface area (Å²) >= 11 is 5.83. The fraction of sp³-hybridized carbons (Fsp3) is 0.529. The van der Waals surface area contributed by atoms with Gasteiger partial charge in [-0.15, -0.1) is 0 Å². The Balaban J connectivity index is 2.03. The SMILES string of the molecule is CS(=O)(=O)N(CC(=O)NN=C1CCCCCCC1)c1ccc(Cl)cc1. The van der Waals surface area contributed by atoms with E-state index in [0.717, 1.165) is 42.0 Å². The van der Waals surface area contributed by atoms with E-state index in [-0.39, 0.29) is 6.54 Å². The molecule has 1 aromatic carbocycles. The Morgan fingerprint density at radius 1 is 1.12 bits per heavy atom. The summed E-state index contributed by atoms with van der Waals surface area (Å²) in [6.45, 7) is -0.322. The molecule has 0 saturated heterocycles. The molecular weight excluding hydrogens is 362 g/mol. The zero-order valence-electron chi connectivity index (χ0n) is 14.4. The maximum atomic E-state index is 12.2. The first kappa shape index (κ1) is 19.7. The van der Waals surface area contributed by atoms with Gasteiger partial charge in [0, 0.05) is 10.7 Å². The smallest absolute Gasteiger partial charge is 0.260 e. The molecule has 1 aliphatic carbocycles. The molecule has 6 nitrogen and oxygen atoms in total. The lowest BCUT2D eigenvalue weighted by Gasteiger charge is -2.21. The quantitative estimate of drug-likeness (QED) is 0.789. The fourth-order valence-electron chi connectivity index (χ4n) is 2.74. The summed E-state index contributed by atoms with van der Waals surface area (Å²) in [4.78, 5) is 12.2. The van der Waals surface area contributed by atoms with Crippen LogP contribution in [0.3, 0.4) is 0 Å². The van der Waals surface area contributed by atoms with Crippen LogP contribution in [0, 0.1) is 0 Å². The Kier molecular flexibility index (Phi) is 7.25. The molecule has 0 aliphatic heterocycles. The normalized spacial score (nSPS) is 15.8. The second-order valence-corrected chi connectivity index (χ2v) is 8.57. The molecule has 1 N–H and O–H groups in total. The number of sulfonamides is 1. The molecular formula is C17H24ClN3O3S. The highest BCUT2D eigenvalue weighted by Gasteiger charge is 2.20. The van der Waals surface area contributed by atoms with Crippen molar-refractivity contribution < 1.29 is 13.2 Å². The molecule has 0 radical (unpaired) electrons. The number of nitrogens with one attached hydrogen (secondary N) is 1. The van der Waals surface area contributed by atoms with E-state index < -0.39 is 15.9 Å². The average molecular weight is 386 g/mol. The van der Waals surface area contributed by atoms with Gasteiger partial charge in [0.1, 0.15) is 6.54 Å². The Morgan fingerprint density at radius 3 is 2.24 bits per heavy atom. The van der Waals surface area contributed by atoms with Crippen LogP contribution in [0.5, 0.6) is 0 Å². The van der Waals surface area contributed by atoms with Gasteiger partial charge in [0.2, 0.25) is 10.0 Å². The van der Waals surface area contributed by atoms with Crippen LogP contribution in [0.4, 0.5) is 5.69 Å². The van der Waals surface area contributed by atoms with Crippen LogP contribution in [0.1, 0.15) is 44.9 Å². The number of hydrazone groups is 1. The number of benzene rings is 1. The Hall–Kier alpha value is -1.60. The van der Waals surface area contributed by atoms with Gasteiger partial charge in [-0.05, 0) is 49.9 Å². The summed E-state index contributed by atoms with van der Waals surface area (Å²) in [5.41, 5.74) is 3.87. The van der Waals surface area contributed by atoms with Crippen molar-refractivity contribution in [3.05, 3.63) is 29.3 Å². The summed E-state index contributed by atoms with van der Waals surface area (Å²) in [7, 11) is -3.60. The van der Waals surface area contributed by atoms with E-state index in [9.17, 15) is 13.2 Å². The van der Waals surface area contributed by atoms with Gasteiger partial charge in [-0.25, -0.2) is 13.8 Å². The number of hydrogen-bond acceptors (Lipinski definition) is 4. The Morgan fingerprint density at radius 2 is 1.68 bits per heavy atom. The monoisotopic (exact) mass is 385 g/mol. The van der Waals surface area contributed by atoms with Gasteiger partial charge in [0.05, 0.1) is 11.9 Å². The summed E-state index contributed by atoms with van der Waals surface area (Å²) in [6.07, 6.45) is 8.61. The standard InChI is InChI=1S/C17H24ClN3O3S/c1-25(23,24)21(16-11-9-14(18)10-12-16)13-17(22)20-19-15-7-5-3-2-4-6-8-15/h9-12H,2-8,13H2,1H3,(H,20,22). The lowest BCUT2D eigenvalue weighted by Crippen LogP contribution is -2.39. The number of halogens is 1. The molecule has 1 aromatic rings. The second kappa shape index (κ2) is 9.20. The number of nitrogens with zero attached hydrogens (tertiary/aromatic N) is 2. The molecule has 0 aromatic heterocycles. The summed E-state index contributed by atoms with van der Waals surface area (Å²) in [5.74, 6) is -0.463. The van der Waals surface area contributed by atoms with Crippen LogP contribution in [0.25, 0.3) is 0 Å². The maximum absolute atomic E-state index is 12.2. The molecule has 138 valence electrons. The molecule has 25 heavy (non-hydrogen) atoms. The zero-order valence-corrected chi connectivity index (χ0v) is 15.9. The van der Waals surface area contributed by atoms with Gasteiger partial charge < -0.3 is 0 Å². The van der Waals surface area contributed by atoms with E-state index in [1.807, 2.05) is 0 Å². The van der Waals surface area contributed by atoms with Crippen molar-refractivity contribution in [1.29, 1.82) is 0 Å². The van der Waals surface area contributed by atoms with Crippen molar-refractivity contribution in [2.75, 3.05) is 17.1 Å². The van der Waals surface area contributed by atoms with Crippen LogP contribution >= 0.6 is 11.6 Å². The lowest BCUT2D eigenvalue weighted by atomic mass is 9.99. The van der Waals surface area contributed by atoms with E-state index in [4.69, 9.17) is 11.6 Å². The van der Waals surface area contributed by atoms with E-state index in [2.05, 4.69) is 10.5 Å². The Labute approximate surface area is 154 Å². The van der Waals surface area contributed by atoms with E-state index in [0.29, 0.717) is 10.7 Å². The van der Waals surface area contributed by atoms with Gasteiger partial charge in [0.15, 0.2) is 0 Å². The summed E-state index contributed by atoms with van der Waals surface area (Å²) < 4.78 is 25.1. The maximum Gasteiger partial charge on any atom is 0.260 e. The number of rotatable bonds is 5. The molecule has 1 fully saturated rings. The van der Waals surface area contributed by atoms with Crippen LogP contribution < -0.4 is 9.73 Å². The van der Waals surface area contributed by atoms with Crippen molar-refractivity contribution in [3.8, 4) is 0 Å². The molecule has 1 saturated carbocycles. The number of carbonyl (C=O) groups is 1. The minimum atomic E-state index is -3.60. The van der Waals surface area contributed by atoms with Gasteiger partial charge >= 0.3 is 0 Å². The molecule has 0 unspecified atom stereocenters. The number of amides is 1. The molecule has 0 spiro atoms. The molecule has 8 heteroatoms. The number of carbonyl (C=O) groups excluding carboxylic acids is 1. The Bertz CT molecular complexity index is 707. The minimum absolute atomic E-state index is 0.322. The van der Waals surface area contributed by atoms with E-state index >= 15 is 0 Å². The van der Waals surface area contributed by atoms with Crippen molar-refractivity contribution in [1.82, 2.24) is 5.43 Å². The van der Waals surface area contributed by atoms with E-state index in [1.165, 1.54) is 19.3 Å². The molecule has 1 aliphatic rings. The van der Waals surface area contributed by atoms with Crippen LogP contribution in [-0.2, 0) is 14.8 Å². The summed E-state index contributed by atoms with van der Waals surface area (Å²) in [6, 6.07) is 6.30.